The average molecular weight is 615 g/mol. The quantitative estimate of drug-likeness (QED) is 0.184. The van der Waals surface area contributed by atoms with Gasteiger partial charge in [-0.1, -0.05) is 6.92 Å². The fourth-order valence-electron chi connectivity index (χ4n) is 6.73. The highest BCUT2D eigenvalue weighted by Crippen LogP contribution is 2.48. The van der Waals surface area contributed by atoms with Gasteiger partial charge in [0.05, 0.1) is 29.9 Å². The molecule has 3 fully saturated rings. The number of halogens is 1. The van der Waals surface area contributed by atoms with E-state index in [1.54, 1.807) is 11.8 Å². The minimum absolute atomic E-state index is 0.0419. The number of ether oxygens (including phenoxy) is 1. The summed E-state index contributed by atoms with van der Waals surface area (Å²) in [5.74, 6) is -4.01. The normalized spacial score (nSPS) is 23.2. The highest BCUT2D eigenvalue weighted by molar-refractivity contribution is 5.98. The second-order valence-electron chi connectivity index (χ2n) is 11.6. The number of fused-ring (bicyclic) bond motifs is 2. The summed E-state index contributed by atoms with van der Waals surface area (Å²) in [6, 6.07) is 0.163. The van der Waals surface area contributed by atoms with Crippen LogP contribution < -0.4 is 10.3 Å². The number of hydrogen-bond acceptors (Lipinski definition) is 9. The van der Waals surface area contributed by atoms with Crippen LogP contribution in [0.15, 0.2) is 28.3 Å². The van der Waals surface area contributed by atoms with E-state index in [4.69, 9.17) is 9.99 Å². The summed E-state index contributed by atoms with van der Waals surface area (Å²) in [5.41, 5.74) is 0.120. The minimum atomic E-state index is -1.42. The van der Waals surface area contributed by atoms with Crippen LogP contribution in [0.4, 0.5) is 14.9 Å². The molecule has 4 aliphatic rings. The van der Waals surface area contributed by atoms with Gasteiger partial charge in [0.1, 0.15) is 23.7 Å². The van der Waals surface area contributed by atoms with Crippen molar-refractivity contribution < 1.29 is 48.7 Å². The number of carboxylic acids is 2. The summed E-state index contributed by atoms with van der Waals surface area (Å²) in [5, 5.41) is 28.1. The molecular weight excluding hydrogens is 583 g/mol. The van der Waals surface area contributed by atoms with Gasteiger partial charge in [0.15, 0.2) is 0 Å². The number of aliphatic carboxylic acids is 1. The van der Waals surface area contributed by atoms with E-state index in [1.165, 1.54) is 9.80 Å². The van der Waals surface area contributed by atoms with Gasteiger partial charge in [-0.2, -0.15) is 0 Å². The smallest absolute Gasteiger partial charge is 0.410 e. The lowest BCUT2D eigenvalue weighted by Crippen LogP contribution is -2.56. The molecule has 4 heterocycles. The molecule has 3 aliphatic heterocycles. The Morgan fingerprint density at radius 2 is 1.89 bits per heavy atom. The van der Waals surface area contributed by atoms with E-state index in [9.17, 15) is 34.2 Å². The molecule has 0 spiro atoms. The van der Waals surface area contributed by atoms with E-state index < -0.39 is 40.9 Å². The maximum Gasteiger partial charge on any atom is 0.410 e. The standard InChI is InChI=1S/C29H31FN4O10/c1-13-18(24(28(39)40)34-20(13)9-21(34)35)12-43-29(41)33-6-5-32(11-15(33)4-7-44-42)25-19(30)8-16-23(22(25)14-2-3-14)31-10-17(26(16)36)27(37)38/h8,10,13-15,20,42H,2-7,9,11-12H2,1H3,(H,31,36)(H,37,38)(H,39,40)/t13-,15+,20-/m0/s1. The van der Waals surface area contributed by atoms with Gasteiger partial charge < -0.3 is 34.6 Å². The monoisotopic (exact) mass is 614 g/mol. The van der Waals surface area contributed by atoms with Crippen LogP contribution >= 0.6 is 0 Å². The number of carboxylic acid groups (broad SMARTS) is 2. The second-order valence-corrected chi connectivity index (χ2v) is 11.6. The summed E-state index contributed by atoms with van der Waals surface area (Å²) in [7, 11) is 0. The molecule has 1 aromatic heterocycles. The number of nitrogens with one attached hydrogen (secondary N) is 1. The summed E-state index contributed by atoms with van der Waals surface area (Å²) >= 11 is 0. The average Bonchev–Trinajstić information content (AvgIpc) is 3.79. The lowest BCUT2D eigenvalue weighted by Gasteiger charge is -2.42. The number of carbonyl (C=O) groups excluding carboxylic acids is 2. The fourth-order valence-corrected chi connectivity index (χ4v) is 6.73. The zero-order valence-electron chi connectivity index (χ0n) is 23.7. The molecule has 2 amide bonds. The van der Waals surface area contributed by atoms with E-state index in [-0.39, 0.29) is 86.2 Å². The topological polar surface area (TPSA) is 190 Å². The first-order valence-electron chi connectivity index (χ1n) is 14.4. The first kappa shape index (κ1) is 29.6. The molecule has 6 rings (SSSR count). The molecule has 15 heteroatoms. The van der Waals surface area contributed by atoms with Crippen LogP contribution in [0.25, 0.3) is 10.9 Å². The molecule has 1 aliphatic carbocycles. The summed E-state index contributed by atoms with van der Waals surface area (Å²) in [6.45, 7) is 1.75. The first-order valence-corrected chi connectivity index (χ1v) is 14.4. The Kier molecular flexibility index (Phi) is 7.53. The van der Waals surface area contributed by atoms with Crippen molar-refractivity contribution in [3.63, 3.8) is 0 Å². The molecule has 2 saturated heterocycles. The van der Waals surface area contributed by atoms with E-state index in [0.29, 0.717) is 16.7 Å². The zero-order valence-corrected chi connectivity index (χ0v) is 23.7. The predicted octanol–water partition coefficient (Wildman–Crippen LogP) is 2.34. The van der Waals surface area contributed by atoms with Crippen LogP contribution in [0, 0.1) is 11.7 Å². The number of hydrogen-bond donors (Lipinski definition) is 4. The van der Waals surface area contributed by atoms with Crippen LogP contribution in [0.5, 0.6) is 0 Å². The number of piperazine rings is 1. The van der Waals surface area contributed by atoms with Gasteiger partial charge in [0, 0.05) is 54.7 Å². The van der Waals surface area contributed by atoms with Crippen LogP contribution in [-0.2, 0) is 19.2 Å². The summed E-state index contributed by atoms with van der Waals surface area (Å²) in [6.07, 6.45) is 2.30. The number of carbonyl (C=O) groups is 4. The third kappa shape index (κ3) is 4.85. The highest BCUT2D eigenvalue weighted by atomic mass is 19.1. The second kappa shape index (κ2) is 11.2. The SMILES string of the molecule is C[C@H]1C(COC(=O)N2CCN(c3c(F)cc4c(=O)c(C(=O)O)c[nH]c4c3C3CC3)C[C@H]2CCOO)=C(C(=O)O)N2C(=O)C[C@@H]12. The number of anilines is 1. The van der Waals surface area contributed by atoms with Gasteiger partial charge in [0.2, 0.25) is 11.3 Å². The Hall–Kier alpha value is -4.50. The van der Waals surface area contributed by atoms with Crippen molar-refractivity contribution in [2.75, 3.05) is 37.7 Å². The summed E-state index contributed by atoms with van der Waals surface area (Å²) < 4.78 is 21.4. The number of pyridine rings is 1. The molecule has 1 saturated carbocycles. The van der Waals surface area contributed by atoms with E-state index >= 15 is 4.39 Å². The molecule has 0 radical (unpaired) electrons. The molecule has 44 heavy (non-hydrogen) atoms. The van der Waals surface area contributed by atoms with E-state index in [2.05, 4.69) is 9.87 Å². The van der Waals surface area contributed by atoms with Crippen molar-refractivity contribution in [3.05, 3.63) is 50.7 Å². The third-order valence-electron chi connectivity index (χ3n) is 9.14. The number of benzene rings is 1. The Bertz CT molecular complexity index is 1670. The van der Waals surface area contributed by atoms with Gasteiger partial charge in [-0.3, -0.25) is 14.8 Å². The van der Waals surface area contributed by atoms with Crippen molar-refractivity contribution in [3.8, 4) is 0 Å². The highest BCUT2D eigenvalue weighted by Gasteiger charge is 2.52. The summed E-state index contributed by atoms with van der Waals surface area (Å²) in [4.78, 5) is 73.2. The van der Waals surface area contributed by atoms with Crippen molar-refractivity contribution in [1.82, 2.24) is 14.8 Å². The number of aromatic carboxylic acids is 1. The Balaban J connectivity index is 1.26. The largest absolute Gasteiger partial charge is 0.477 e. The fraction of sp³-hybridized carbons (Fsp3) is 0.483. The Morgan fingerprint density at radius 1 is 1.14 bits per heavy atom. The molecular formula is C29H31FN4O10. The number of β-lactam (4-membered cyclic amide) rings is 1. The predicted molar refractivity (Wildman–Crippen MR) is 150 cm³/mol. The molecule has 234 valence electrons. The van der Waals surface area contributed by atoms with Gasteiger partial charge in [-0.05, 0) is 31.2 Å². The molecule has 3 atom stereocenters. The van der Waals surface area contributed by atoms with Crippen molar-refractivity contribution in [1.29, 1.82) is 0 Å². The minimum Gasteiger partial charge on any atom is -0.477 e. The zero-order chi connectivity index (χ0) is 31.4. The van der Waals surface area contributed by atoms with Crippen LogP contribution in [0.3, 0.4) is 0 Å². The molecule has 1 aromatic carbocycles. The van der Waals surface area contributed by atoms with Crippen LogP contribution in [-0.4, -0.2) is 99.1 Å². The Labute approximate surface area is 249 Å². The number of rotatable bonds is 9. The number of H-pyrrole nitrogens is 1. The van der Waals surface area contributed by atoms with Gasteiger partial charge in [-0.15, -0.1) is 0 Å². The number of amides is 2. The first-order chi connectivity index (χ1) is 21.0. The van der Waals surface area contributed by atoms with Gasteiger partial charge in [-0.25, -0.2) is 23.7 Å². The maximum atomic E-state index is 15.8. The molecule has 2 aromatic rings. The lowest BCUT2D eigenvalue weighted by molar-refractivity contribution is -0.244. The van der Waals surface area contributed by atoms with Crippen molar-refractivity contribution in [2.45, 2.75) is 50.6 Å². The molecule has 0 unspecified atom stereocenters. The molecule has 0 bridgehead atoms. The van der Waals surface area contributed by atoms with Crippen LogP contribution in [0.1, 0.15) is 54.4 Å². The molecule has 4 N–H and O–H groups in total. The Morgan fingerprint density at radius 3 is 2.52 bits per heavy atom. The lowest BCUT2D eigenvalue weighted by atomic mass is 9.90. The number of aromatic amines is 1. The van der Waals surface area contributed by atoms with Crippen molar-refractivity contribution in [2.24, 2.45) is 5.92 Å². The van der Waals surface area contributed by atoms with Gasteiger partial charge >= 0.3 is 18.0 Å². The number of aromatic nitrogens is 1. The molecule has 14 nitrogen and oxygen atoms in total. The third-order valence-corrected chi connectivity index (χ3v) is 9.14. The van der Waals surface area contributed by atoms with Crippen molar-refractivity contribution >= 4 is 40.5 Å². The van der Waals surface area contributed by atoms with E-state index in [0.717, 1.165) is 25.1 Å². The maximum absolute atomic E-state index is 15.8. The van der Waals surface area contributed by atoms with Crippen LogP contribution in [0.2, 0.25) is 0 Å². The van der Waals surface area contributed by atoms with Gasteiger partial charge in [0.25, 0.3) is 0 Å². The van der Waals surface area contributed by atoms with E-state index in [1.807, 2.05) is 0 Å². The number of nitrogens with zero attached hydrogens (tertiary/aromatic N) is 3.